The SMILES string of the molecule is O=C(CN1CCN(C(=O)/C=C/c2ccncc2)CC1)Nc1ccc(F)cc1. The van der Waals surface area contributed by atoms with Crippen LogP contribution in [-0.4, -0.2) is 59.3 Å². The summed E-state index contributed by atoms with van der Waals surface area (Å²) in [6, 6.07) is 9.33. The van der Waals surface area contributed by atoms with Gasteiger partial charge >= 0.3 is 0 Å². The van der Waals surface area contributed by atoms with E-state index in [1.165, 1.54) is 24.3 Å². The molecule has 27 heavy (non-hydrogen) atoms. The van der Waals surface area contributed by atoms with E-state index < -0.39 is 0 Å². The van der Waals surface area contributed by atoms with Gasteiger partial charge in [0.15, 0.2) is 0 Å². The molecule has 0 unspecified atom stereocenters. The van der Waals surface area contributed by atoms with E-state index in [1.54, 1.807) is 29.4 Å². The number of halogens is 1. The third-order valence-corrected chi connectivity index (χ3v) is 4.30. The van der Waals surface area contributed by atoms with Crippen molar-refractivity contribution < 1.29 is 14.0 Å². The predicted octanol–water partition coefficient (Wildman–Crippen LogP) is 2.02. The first-order chi connectivity index (χ1) is 13.1. The van der Waals surface area contributed by atoms with E-state index >= 15 is 0 Å². The van der Waals surface area contributed by atoms with Gasteiger partial charge in [-0.05, 0) is 48.0 Å². The normalized spacial score (nSPS) is 15.1. The molecule has 0 aliphatic carbocycles. The highest BCUT2D eigenvalue weighted by Crippen LogP contribution is 2.09. The molecular formula is C20H21FN4O2. The van der Waals surface area contributed by atoms with Crippen molar-refractivity contribution in [1.29, 1.82) is 0 Å². The Morgan fingerprint density at radius 2 is 1.70 bits per heavy atom. The maximum absolute atomic E-state index is 12.9. The van der Waals surface area contributed by atoms with Crippen LogP contribution in [0.2, 0.25) is 0 Å². The van der Waals surface area contributed by atoms with E-state index in [0.717, 1.165) is 5.56 Å². The summed E-state index contributed by atoms with van der Waals surface area (Å²) in [5.41, 5.74) is 1.49. The molecule has 2 heterocycles. The van der Waals surface area contributed by atoms with Crippen molar-refractivity contribution in [3.05, 3.63) is 66.2 Å². The van der Waals surface area contributed by atoms with Crippen molar-refractivity contribution >= 4 is 23.6 Å². The Morgan fingerprint density at radius 1 is 1.04 bits per heavy atom. The fourth-order valence-corrected chi connectivity index (χ4v) is 2.81. The summed E-state index contributed by atoms with van der Waals surface area (Å²) in [6.45, 7) is 2.65. The van der Waals surface area contributed by atoms with Crippen molar-refractivity contribution in [3.63, 3.8) is 0 Å². The number of nitrogens with one attached hydrogen (secondary N) is 1. The molecule has 1 fully saturated rings. The van der Waals surface area contributed by atoms with E-state index in [1.807, 2.05) is 17.0 Å². The van der Waals surface area contributed by atoms with Crippen molar-refractivity contribution in [2.45, 2.75) is 0 Å². The number of carbonyl (C=O) groups is 2. The first-order valence-electron chi connectivity index (χ1n) is 8.75. The predicted molar refractivity (Wildman–Crippen MR) is 101 cm³/mol. The number of aromatic nitrogens is 1. The minimum Gasteiger partial charge on any atom is -0.337 e. The maximum atomic E-state index is 12.9. The molecule has 2 aromatic rings. The van der Waals surface area contributed by atoms with E-state index in [4.69, 9.17) is 0 Å². The lowest BCUT2D eigenvalue weighted by Crippen LogP contribution is -2.50. The molecule has 1 aliphatic heterocycles. The molecule has 1 aliphatic rings. The number of pyridine rings is 1. The highest BCUT2D eigenvalue weighted by molar-refractivity contribution is 5.93. The number of rotatable bonds is 5. The van der Waals surface area contributed by atoms with Crippen LogP contribution in [0.5, 0.6) is 0 Å². The summed E-state index contributed by atoms with van der Waals surface area (Å²) in [4.78, 5) is 32.1. The van der Waals surface area contributed by atoms with Crippen LogP contribution in [0.4, 0.5) is 10.1 Å². The number of anilines is 1. The minimum absolute atomic E-state index is 0.0396. The average Bonchev–Trinajstić information content (AvgIpc) is 2.69. The highest BCUT2D eigenvalue weighted by atomic mass is 19.1. The molecule has 0 atom stereocenters. The van der Waals surface area contributed by atoms with Gasteiger partial charge in [-0.15, -0.1) is 0 Å². The number of nitrogens with zero attached hydrogens (tertiary/aromatic N) is 3. The Labute approximate surface area is 157 Å². The van der Waals surface area contributed by atoms with Gasteiger partial charge in [0.25, 0.3) is 0 Å². The quantitative estimate of drug-likeness (QED) is 0.820. The fourth-order valence-electron chi connectivity index (χ4n) is 2.81. The molecule has 1 N–H and O–H groups in total. The van der Waals surface area contributed by atoms with Crippen LogP contribution in [0.3, 0.4) is 0 Å². The summed E-state index contributed by atoms with van der Waals surface area (Å²) < 4.78 is 12.9. The zero-order valence-electron chi connectivity index (χ0n) is 14.8. The van der Waals surface area contributed by atoms with Crippen molar-refractivity contribution in [2.24, 2.45) is 0 Å². The summed E-state index contributed by atoms with van der Waals surface area (Å²) in [6.07, 6.45) is 6.69. The van der Waals surface area contributed by atoms with Crippen LogP contribution in [0.15, 0.2) is 54.9 Å². The zero-order chi connectivity index (χ0) is 19.1. The number of carbonyl (C=O) groups excluding carboxylic acids is 2. The molecule has 3 rings (SSSR count). The first kappa shape index (κ1) is 18.7. The minimum atomic E-state index is -0.341. The van der Waals surface area contributed by atoms with Crippen LogP contribution in [-0.2, 0) is 9.59 Å². The van der Waals surface area contributed by atoms with Gasteiger partial charge < -0.3 is 10.2 Å². The molecule has 7 heteroatoms. The lowest BCUT2D eigenvalue weighted by Gasteiger charge is -2.33. The Bertz CT molecular complexity index is 800. The summed E-state index contributed by atoms with van der Waals surface area (Å²) in [5, 5.41) is 2.74. The second-order valence-corrected chi connectivity index (χ2v) is 6.27. The number of benzene rings is 1. The van der Waals surface area contributed by atoms with Gasteiger partial charge in [0.1, 0.15) is 5.82 Å². The van der Waals surface area contributed by atoms with E-state index in [-0.39, 0.29) is 24.2 Å². The molecule has 1 aromatic heterocycles. The van der Waals surface area contributed by atoms with Gasteiger partial charge in [-0.1, -0.05) is 0 Å². The Balaban J connectivity index is 1.43. The summed E-state index contributed by atoms with van der Waals surface area (Å²) >= 11 is 0. The maximum Gasteiger partial charge on any atom is 0.246 e. The number of amides is 2. The molecule has 0 radical (unpaired) electrons. The standard InChI is InChI=1S/C20H21FN4O2/c21-17-2-4-18(5-3-17)23-19(26)15-24-11-13-25(14-12-24)20(27)6-1-16-7-9-22-10-8-16/h1-10H,11-15H2,(H,23,26)/b6-1+. The van der Waals surface area contributed by atoms with E-state index in [9.17, 15) is 14.0 Å². The molecule has 2 amide bonds. The van der Waals surface area contributed by atoms with Crippen molar-refractivity contribution in [3.8, 4) is 0 Å². The van der Waals surface area contributed by atoms with Crippen LogP contribution in [0, 0.1) is 5.82 Å². The molecule has 0 bridgehead atoms. The fraction of sp³-hybridized carbons (Fsp3) is 0.250. The van der Waals surface area contributed by atoms with Crippen LogP contribution in [0.1, 0.15) is 5.56 Å². The van der Waals surface area contributed by atoms with Crippen molar-refractivity contribution in [1.82, 2.24) is 14.8 Å². The molecule has 0 spiro atoms. The molecule has 1 saturated heterocycles. The van der Waals surface area contributed by atoms with Crippen molar-refractivity contribution in [2.75, 3.05) is 38.0 Å². The molecule has 1 aromatic carbocycles. The van der Waals surface area contributed by atoms with E-state index in [0.29, 0.717) is 31.9 Å². The summed E-state index contributed by atoms with van der Waals surface area (Å²) in [7, 11) is 0. The monoisotopic (exact) mass is 368 g/mol. The number of hydrogen-bond acceptors (Lipinski definition) is 4. The smallest absolute Gasteiger partial charge is 0.246 e. The Morgan fingerprint density at radius 3 is 2.37 bits per heavy atom. The number of hydrogen-bond donors (Lipinski definition) is 1. The second-order valence-electron chi connectivity index (χ2n) is 6.27. The second kappa shape index (κ2) is 9.05. The Hall–Kier alpha value is -3.06. The lowest BCUT2D eigenvalue weighted by molar-refractivity contribution is -0.127. The van der Waals surface area contributed by atoms with Gasteiger partial charge in [-0.2, -0.15) is 0 Å². The molecular weight excluding hydrogens is 347 g/mol. The van der Waals surface area contributed by atoms with Gasteiger partial charge in [0.05, 0.1) is 6.54 Å². The van der Waals surface area contributed by atoms with Gasteiger partial charge in [0, 0.05) is 50.3 Å². The van der Waals surface area contributed by atoms with Gasteiger partial charge in [0.2, 0.25) is 11.8 Å². The largest absolute Gasteiger partial charge is 0.337 e. The van der Waals surface area contributed by atoms with Crippen LogP contribution >= 0.6 is 0 Å². The molecule has 0 saturated carbocycles. The average molecular weight is 368 g/mol. The molecule has 140 valence electrons. The van der Waals surface area contributed by atoms with E-state index in [2.05, 4.69) is 10.3 Å². The molecule has 6 nitrogen and oxygen atoms in total. The Kier molecular flexibility index (Phi) is 6.27. The third kappa shape index (κ3) is 5.72. The topological polar surface area (TPSA) is 65.5 Å². The third-order valence-electron chi connectivity index (χ3n) is 4.30. The number of piperazine rings is 1. The zero-order valence-corrected chi connectivity index (χ0v) is 14.8. The van der Waals surface area contributed by atoms with Gasteiger partial charge in [-0.3, -0.25) is 19.5 Å². The lowest BCUT2D eigenvalue weighted by atomic mass is 10.2. The van der Waals surface area contributed by atoms with Crippen LogP contribution < -0.4 is 5.32 Å². The highest BCUT2D eigenvalue weighted by Gasteiger charge is 2.21. The first-order valence-corrected chi connectivity index (χ1v) is 8.75. The summed E-state index contributed by atoms with van der Waals surface area (Å²) in [5.74, 6) is -0.534. The van der Waals surface area contributed by atoms with Gasteiger partial charge in [-0.25, -0.2) is 4.39 Å². The van der Waals surface area contributed by atoms with Crippen LogP contribution in [0.25, 0.3) is 6.08 Å².